The highest BCUT2D eigenvalue weighted by Crippen LogP contribution is 2.23. The van der Waals surface area contributed by atoms with Crippen LogP contribution in [0.4, 0.5) is 9.18 Å². The molecule has 1 saturated carbocycles. The highest BCUT2D eigenvalue weighted by Gasteiger charge is 2.42. The summed E-state index contributed by atoms with van der Waals surface area (Å²) in [4.78, 5) is 42.5. The molecule has 1 heterocycles. The van der Waals surface area contributed by atoms with E-state index in [0.717, 1.165) is 25.7 Å². The summed E-state index contributed by atoms with van der Waals surface area (Å²) in [6, 6.07) is 13.7. The smallest absolute Gasteiger partial charge is 0.410 e. The van der Waals surface area contributed by atoms with Crippen LogP contribution in [0.1, 0.15) is 42.5 Å². The van der Waals surface area contributed by atoms with Crippen molar-refractivity contribution in [1.29, 1.82) is 0 Å². The second kappa shape index (κ2) is 10.6. The zero-order chi connectivity index (χ0) is 24.1. The molecule has 0 aromatic heterocycles. The van der Waals surface area contributed by atoms with Crippen molar-refractivity contribution in [3.05, 3.63) is 66.0 Å². The zero-order valence-electron chi connectivity index (χ0n) is 18.9. The second-order valence-electron chi connectivity index (χ2n) is 8.73. The number of benzene rings is 2. The average molecular weight is 469 g/mol. The van der Waals surface area contributed by atoms with Crippen LogP contribution in [-0.2, 0) is 4.79 Å². The van der Waals surface area contributed by atoms with E-state index < -0.39 is 29.9 Å². The summed E-state index contributed by atoms with van der Waals surface area (Å²) >= 11 is 0. The van der Waals surface area contributed by atoms with Gasteiger partial charge in [0.1, 0.15) is 11.6 Å². The summed E-state index contributed by atoms with van der Waals surface area (Å²) in [5, 5.41) is 3.01. The summed E-state index contributed by atoms with van der Waals surface area (Å²) < 4.78 is 18.9. The first kappa shape index (κ1) is 23.7. The Balaban J connectivity index is 1.58. The Morgan fingerprint density at radius 2 is 1.56 bits per heavy atom. The molecule has 2 aromatic carbocycles. The molecule has 0 spiro atoms. The first-order valence-corrected chi connectivity index (χ1v) is 11.6. The van der Waals surface area contributed by atoms with Crippen LogP contribution in [-0.4, -0.2) is 59.0 Å². The van der Waals surface area contributed by atoms with Gasteiger partial charge in [-0.25, -0.2) is 9.18 Å². The minimum absolute atomic E-state index is 0.0796. The minimum atomic E-state index is -1.18. The molecular weight excluding hydrogens is 439 g/mol. The van der Waals surface area contributed by atoms with E-state index in [1.807, 2.05) is 0 Å². The number of para-hydroxylation sites is 1. The molecule has 2 aliphatic rings. The number of halogens is 1. The highest BCUT2D eigenvalue weighted by molar-refractivity contribution is 5.98. The summed E-state index contributed by atoms with van der Waals surface area (Å²) in [5.41, 5.74) is 6.22. The molecule has 8 nitrogen and oxygen atoms in total. The van der Waals surface area contributed by atoms with E-state index in [0.29, 0.717) is 12.2 Å². The molecule has 2 aromatic rings. The number of nitrogens with zero attached hydrogens (tertiary/aromatic N) is 2. The molecule has 9 heteroatoms. The molecule has 1 unspecified atom stereocenters. The number of nitrogens with one attached hydrogen (secondary N) is 1. The fraction of sp³-hybridized carbons (Fsp3) is 0.400. The number of rotatable bonds is 4. The van der Waals surface area contributed by atoms with Crippen molar-refractivity contribution in [1.82, 2.24) is 15.1 Å². The van der Waals surface area contributed by atoms with Gasteiger partial charge in [0.2, 0.25) is 0 Å². The van der Waals surface area contributed by atoms with Gasteiger partial charge in [0.05, 0.1) is 0 Å². The maximum atomic E-state index is 13.5. The first-order valence-electron chi connectivity index (χ1n) is 11.6. The van der Waals surface area contributed by atoms with E-state index in [-0.39, 0.29) is 30.7 Å². The molecule has 34 heavy (non-hydrogen) atoms. The molecule has 3 amide bonds. The predicted octanol–water partition coefficient (Wildman–Crippen LogP) is 2.88. The lowest BCUT2D eigenvalue weighted by molar-refractivity contribution is -0.133. The largest absolute Gasteiger partial charge is 0.417 e. The normalized spacial score (nSPS) is 22.7. The molecule has 0 bridgehead atoms. The molecule has 180 valence electrons. The van der Waals surface area contributed by atoms with Gasteiger partial charge >= 0.3 is 6.09 Å². The van der Waals surface area contributed by atoms with E-state index in [9.17, 15) is 18.8 Å². The average Bonchev–Trinajstić information content (AvgIpc) is 2.85. The van der Waals surface area contributed by atoms with E-state index in [1.54, 1.807) is 30.3 Å². The standard InChI is InChI=1S/C25H29FN4O4/c26-18-9-7-17(8-10-18)24(32)29-15-4-16-30(25(33)34-21-5-2-1-3-6-21)23(29)22(31)28-20-13-11-19(27)12-14-20/h1-3,5-10,19-20,23H,4,11-16,27H2,(H,28,31). The molecule has 4 rings (SSSR count). The van der Waals surface area contributed by atoms with Crippen LogP contribution in [0, 0.1) is 5.82 Å². The number of carbonyl (C=O) groups is 3. The molecule has 1 aliphatic carbocycles. The number of carbonyl (C=O) groups excluding carboxylic acids is 3. The van der Waals surface area contributed by atoms with Crippen LogP contribution >= 0.6 is 0 Å². The Morgan fingerprint density at radius 1 is 0.912 bits per heavy atom. The maximum absolute atomic E-state index is 13.5. The molecule has 3 N–H and O–H groups in total. The Morgan fingerprint density at radius 3 is 2.24 bits per heavy atom. The van der Waals surface area contributed by atoms with Crippen molar-refractivity contribution < 1.29 is 23.5 Å². The molecular formula is C25H29FN4O4. The Kier molecular flexibility index (Phi) is 7.42. The van der Waals surface area contributed by atoms with Gasteiger partial charge in [0.15, 0.2) is 6.17 Å². The minimum Gasteiger partial charge on any atom is -0.410 e. The van der Waals surface area contributed by atoms with Gasteiger partial charge in [-0.05, 0) is 68.5 Å². The van der Waals surface area contributed by atoms with Gasteiger partial charge in [0, 0.05) is 30.7 Å². The third-order valence-corrected chi connectivity index (χ3v) is 6.28. The van der Waals surface area contributed by atoms with Crippen LogP contribution in [0.25, 0.3) is 0 Å². The number of ether oxygens (including phenoxy) is 1. The van der Waals surface area contributed by atoms with E-state index in [2.05, 4.69) is 5.32 Å². The second-order valence-corrected chi connectivity index (χ2v) is 8.73. The van der Waals surface area contributed by atoms with Crippen LogP contribution in [0.5, 0.6) is 5.75 Å². The summed E-state index contributed by atoms with van der Waals surface area (Å²) in [6.07, 6.45) is 1.65. The van der Waals surface area contributed by atoms with E-state index >= 15 is 0 Å². The van der Waals surface area contributed by atoms with Crippen LogP contribution in [0.3, 0.4) is 0 Å². The van der Waals surface area contributed by atoms with Gasteiger partial charge < -0.3 is 20.7 Å². The lowest BCUT2D eigenvalue weighted by atomic mass is 9.91. The monoisotopic (exact) mass is 468 g/mol. The van der Waals surface area contributed by atoms with Crippen LogP contribution in [0.15, 0.2) is 54.6 Å². The Labute approximate surface area is 197 Å². The first-order chi connectivity index (χ1) is 16.4. The summed E-state index contributed by atoms with van der Waals surface area (Å²) in [7, 11) is 0. The fourth-order valence-corrected chi connectivity index (χ4v) is 4.46. The van der Waals surface area contributed by atoms with Crippen molar-refractivity contribution in [3.8, 4) is 5.75 Å². The number of nitrogens with two attached hydrogens (primary N) is 1. The van der Waals surface area contributed by atoms with Gasteiger partial charge in [0.25, 0.3) is 11.8 Å². The number of amides is 3. The maximum Gasteiger partial charge on any atom is 0.417 e. The van der Waals surface area contributed by atoms with Crippen molar-refractivity contribution in [3.63, 3.8) is 0 Å². The summed E-state index contributed by atoms with van der Waals surface area (Å²) in [6.45, 7) is 0.533. The van der Waals surface area contributed by atoms with Crippen molar-refractivity contribution in [2.24, 2.45) is 5.73 Å². The highest BCUT2D eigenvalue weighted by atomic mass is 19.1. The van der Waals surface area contributed by atoms with Gasteiger partial charge in [-0.1, -0.05) is 18.2 Å². The zero-order valence-corrected chi connectivity index (χ0v) is 18.9. The number of hydrogen-bond acceptors (Lipinski definition) is 5. The van der Waals surface area contributed by atoms with Crippen LogP contribution in [0.2, 0.25) is 0 Å². The Bertz CT molecular complexity index is 1010. The van der Waals surface area contributed by atoms with Gasteiger partial charge in [-0.3, -0.25) is 14.5 Å². The van der Waals surface area contributed by atoms with Gasteiger partial charge in [-0.15, -0.1) is 0 Å². The van der Waals surface area contributed by atoms with E-state index in [1.165, 1.54) is 34.1 Å². The van der Waals surface area contributed by atoms with E-state index in [4.69, 9.17) is 10.5 Å². The van der Waals surface area contributed by atoms with Crippen molar-refractivity contribution in [2.75, 3.05) is 13.1 Å². The molecule has 0 radical (unpaired) electrons. The van der Waals surface area contributed by atoms with Crippen LogP contribution < -0.4 is 15.8 Å². The SMILES string of the molecule is NC1CCC(NC(=O)C2N(C(=O)Oc3ccccc3)CCCN2C(=O)c2ccc(F)cc2)CC1. The quantitative estimate of drug-likeness (QED) is 0.718. The number of hydrogen-bond donors (Lipinski definition) is 2. The van der Waals surface area contributed by atoms with Crippen molar-refractivity contribution >= 4 is 17.9 Å². The predicted molar refractivity (Wildman–Crippen MR) is 123 cm³/mol. The molecule has 1 atom stereocenters. The third-order valence-electron chi connectivity index (χ3n) is 6.28. The fourth-order valence-electron chi connectivity index (χ4n) is 4.46. The summed E-state index contributed by atoms with van der Waals surface area (Å²) in [5.74, 6) is -1.02. The lowest BCUT2D eigenvalue weighted by Crippen LogP contribution is -2.65. The third kappa shape index (κ3) is 5.53. The van der Waals surface area contributed by atoms with Crippen molar-refractivity contribution in [2.45, 2.75) is 50.4 Å². The molecule has 1 saturated heterocycles. The Hall–Kier alpha value is -3.46. The molecule has 2 fully saturated rings. The van der Waals surface area contributed by atoms with Gasteiger partial charge in [-0.2, -0.15) is 0 Å². The topological polar surface area (TPSA) is 105 Å². The lowest BCUT2D eigenvalue weighted by Gasteiger charge is -2.42. The molecule has 1 aliphatic heterocycles.